The second-order valence-electron chi connectivity index (χ2n) is 5.35. The van der Waals surface area contributed by atoms with Crippen molar-refractivity contribution < 1.29 is 19.7 Å². The minimum absolute atomic E-state index is 0.0600. The third kappa shape index (κ3) is 5.26. The van der Waals surface area contributed by atoms with E-state index in [0.717, 1.165) is 0 Å². The minimum atomic E-state index is -2.68. The smallest absolute Gasteiger partial charge is 0.262 e. The molecular weight excluding hydrogens is 279 g/mol. The van der Waals surface area contributed by atoms with Crippen molar-refractivity contribution >= 4 is 13.0 Å². The molecule has 0 spiro atoms. The summed E-state index contributed by atoms with van der Waals surface area (Å²) in [5.74, 6) is 0.801. The summed E-state index contributed by atoms with van der Waals surface area (Å²) in [6, 6.07) is -1.13. The molecule has 0 rings (SSSR count). The summed E-state index contributed by atoms with van der Waals surface area (Å²) >= 11 is 0. The first-order valence-corrected chi connectivity index (χ1v) is 9.09. The van der Waals surface area contributed by atoms with E-state index in [2.05, 4.69) is 5.92 Å². The molecule has 0 aliphatic carbocycles. The second kappa shape index (κ2) is 7.80. The summed E-state index contributed by atoms with van der Waals surface area (Å²) in [5.41, 5.74) is 0. The van der Waals surface area contributed by atoms with Crippen molar-refractivity contribution in [3.8, 4) is 12.3 Å². The lowest BCUT2D eigenvalue weighted by molar-refractivity contribution is -0.171. The Bertz CT molecular complexity index is 415. The van der Waals surface area contributed by atoms with Gasteiger partial charge in [-0.1, -0.05) is 0 Å². The van der Waals surface area contributed by atoms with Gasteiger partial charge in [-0.15, -0.1) is 12.3 Å². The average molecular weight is 304 g/mol. The normalized spacial score (nSPS) is 16.4. The lowest BCUT2D eigenvalue weighted by Crippen LogP contribution is -2.50. The Morgan fingerprint density at radius 2 is 1.90 bits per heavy atom. The van der Waals surface area contributed by atoms with Crippen LogP contribution in [0.3, 0.4) is 0 Å². The van der Waals surface area contributed by atoms with Gasteiger partial charge in [0, 0.05) is 12.5 Å². The van der Waals surface area contributed by atoms with E-state index in [1.807, 2.05) is 0 Å². The van der Waals surface area contributed by atoms with Crippen molar-refractivity contribution in [2.45, 2.75) is 38.2 Å². The lowest BCUT2D eigenvalue weighted by atomic mass is 10.2. The first kappa shape index (κ1) is 19.1. The van der Waals surface area contributed by atoms with Gasteiger partial charge in [0.25, 0.3) is 5.91 Å². The zero-order chi connectivity index (χ0) is 16.1. The Labute approximate surface area is 121 Å². The molecule has 3 atom stereocenters. The highest BCUT2D eigenvalue weighted by atomic mass is 31.2. The van der Waals surface area contributed by atoms with E-state index in [1.165, 1.54) is 13.3 Å². The fraction of sp³-hybridized carbons (Fsp3) is 0.769. The predicted molar refractivity (Wildman–Crippen MR) is 79.1 cm³/mol. The van der Waals surface area contributed by atoms with Gasteiger partial charge in [0.2, 0.25) is 0 Å². The van der Waals surface area contributed by atoms with Gasteiger partial charge in [-0.25, -0.2) is 5.06 Å². The van der Waals surface area contributed by atoms with E-state index in [4.69, 9.17) is 6.42 Å². The number of hydrogen-bond acceptors (Lipinski definition) is 5. The number of hydroxylamine groups is 2. The number of likely N-dealkylation sites (N-methyl/N-ethyl adjacent to an activating group) is 1. The SMILES string of the molecule is C#CCCN(O)C(=O)C(C)N(C)C(C)C(O)P(C)(C)=O. The number of aliphatic hydroxyl groups excluding tert-OH is 1. The molecule has 0 aromatic heterocycles. The zero-order valence-corrected chi connectivity index (χ0v) is 13.7. The summed E-state index contributed by atoms with van der Waals surface area (Å²) in [7, 11) is -1.04. The van der Waals surface area contributed by atoms with Crippen LogP contribution in [-0.4, -0.2) is 71.0 Å². The maximum absolute atomic E-state index is 12.0. The number of aliphatic hydroxyl groups is 1. The number of nitrogens with zero attached hydrogens (tertiary/aromatic N) is 2. The third-order valence-electron chi connectivity index (χ3n) is 3.40. The van der Waals surface area contributed by atoms with Crippen molar-refractivity contribution in [1.29, 1.82) is 0 Å². The van der Waals surface area contributed by atoms with Gasteiger partial charge < -0.3 is 9.67 Å². The predicted octanol–water partition coefficient (Wildman–Crippen LogP) is 0.877. The van der Waals surface area contributed by atoms with Gasteiger partial charge in [-0.05, 0) is 34.2 Å². The van der Waals surface area contributed by atoms with Gasteiger partial charge in [0.05, 0.1) is 12.6 Å². The first-order valence-electron chi connectivity index (χ1n) is 6.42. The topological polar surface area (TPSA) is 81.1 Å². The quantitative estimate of drug-likeness (QED) is 0.316. The summed E-state index contributed by atoms with van der Waals surface area (Å²) < 4.78 is 11.9. The molecule has 0 bridgehead atoms. The highest BCUT2D eigenvalue weighted by Gasteiger charge is 2.33. The van der Waals surface area contributed by atoms with E-state index in [1.54, 1.807) is 25.8 Å². The van der Waals surface area contributed by atoms with Gasteiger partial charge in [0.1, 0.15) is 13.0 Å². The summed E-state index contributed by atoms with van der Waals surface area (Å²) in [6.07, 6.45) is 5.33. The number of carbonyl (C=O) groups excluding carboxylic acids is 1. The zero-order valence-electron chi connectivity index (χ0n) is 12.8. The molecule has 116 valence electrons. The molecule has 0 fully saturated rings. The van der Waals surface area contributed by atoms with E-state index >= 15 is 0 Å². The molecule has 2 N–H and O–H groups in total. The van der Waals surface area contributed by atoms with Crippen LogP contribution in [0.4, 0.5) is 0 Å². The summed E-state index contributed by atoms with van der Waals surface area (Å²) in [5, 5.41) is 20.2. The molecular formula is C13H25N2O4P. The van der Waals surface area contributed by atoms with E-state index in [-0.39, 0.29) is 13.0 Å². The van der Waals surface area contributed by atoms with Gasteiger partial charge in [-0.3, -0.25) is 14.9 Å². The molecule has 6 nitrogen and oxygen atoms in total. The van der Waals surface area contributed by atoms with Crippen LogP contribution in [0, 0.1) is 12.3 Å². The maximum atomic E-state index is 12.0. The standard InChI is InChI=1S/C13H25N2O4P/c1-7-8-9-15(18)12(16)10(2)14(4)11(3)13(17)20(5,6)19/h1,10-11,13,17-18H,8-9H2,2-6H3. The first-order chi connectivity index (χ1) is 9.03. The molecule has 0 heterocycles. The maximum Gasteiger partial charge on any atom is 0.262 e. The summed E-state index contributed by atoms with van der Waals surface area (Å²) in [4.78, 5) is 13.6. The molecule has 1 amide bonds. The van der Waals surface area contributed by atoms with Crippen LogP contribution < -0.4 is 0 Å². The molecule has 20 heavy (non-hydrogen) atoms. The van der Waals surface area contributed by atoms with Gasteiger partial charge in [0.15, 0.2) is 0 Å². The lowest BCUT2D eigenvalue weighted by Gasteiger charge is -2.35. The molecule has 3 unspecified atom stereocenters. The average Bonchev–Trinajstić information content (AvgIpc) is 2.39. The minimum Gasteiger partial charge on any atom is -0.384 e. The van der Waals surface area contributed by atoms with Gasteiger partial charge >= 0.3 is 0 Å². The largest absolute Gasteiger partial charge is 0.384 e. The molecule has 0 saturated carbocycles. The highest BCUT2D eigenvalue weighted by Crippen LogP contribution is 2.43. The van der Waals surface area contributed by atoms with Crippen LogP contribution in [0.5, 0.6) is 0 Å². The van der Waals surface area contributed by atoms with Crippen LogP contribution in [0.25, 0.3) is 0 Å². The van der Waals surface area contributed by atoms with Crippen LogP contribution >= 0.6 is 7.14 Å². The van der Waals surface area contributed by atoms with Crippen LogP contribution in [-0.2, 0) is 9.36 Å². The molecule has 0 aromatic rings. The Morgan fingerprint density at radius 1 is 1.40 bits per heavy atom. The molecule has 0 aliphatic rings. The Balaban J connectivity index is 4.77. The number of terminal acetylenes is 1. The molecule has 7 heteroatoms. The number of amides is 1. The Hall–Kier alpha value is -0.860. The van der Waals surface area contributed by atoms with Crippen molar-refractivity contribution in [2.75, 3.05) is 26.9 Å². The number of hydrogen-bond donors (Lipinski definition) is 2. The van der Waals surface area contributed by atoms with E-state index in [0.29, 0.717) is 5.06 Å². The van der Waals surface area contributed by atoms with Crippen molar-refractivity contribution in [1.82, 2.24) is 9.96 Å². The number of carbonyl (C=O) groups is 1. The summed E-state index contributed by atoms with van der Waals surface area (Å²) in [6.45, 7) is 6.36. The van der Waals surface area contributed by atoms with E-state index < -0.39 is 31.0 Å². The van der Waals surface area contributed by atoms with E-state index in [9.17, 15) is 19.7 Å². The van der Waals surface area contributed by atoms with Crippen LogP contribution in [0.15, 0.2) is 0 Å². The molecule has 0 radical (unpaired) electrons. The third-order valence-corrected chi connectivity index (χ3v) is 5.11. The Kier molecular flexibility index (Phi) is 7.46. The van der Waals surface area contributed by atoms with Crippen LogP contribution in [0.1, 0.15) is 20.3 Å². The van der Waals surface area contributed by atoms with Gasteiger partial charge in [-0.2, -0.15) is 0 Å². The fourth-order valence-electron chi connectivity index (χ4n) is 1.75. The fourth-order valence-corrected chi connectivity index (χ4v) is 3.00. The molecule has 0 aliphatic heterocycles. The monoisotopic (exact) mass is 304 g/mol. The second-order valence-corrected chi connectivity index (χ2v) is 8.74. The highest BCUT2D eigenvalue weighted by molar-refractivity contribution is 7.62. The number of rotatable bonds is 7. The van der Waals surface area contributed by atoms with Crippen molar-refractivity contribution in [3.05, 3.63) is 0 Å². The Morgan fingerprint density at radius 3 is 2.30 bits per heavy atom. The van der Waals surface area contributed by atoms with Crippen molar-refractivity contribution in [2.24, 2.45) is 0 Å². The van der Waals surface area contributed by atoms with Crippen LogP contribution in [0.2, 0.25) is 0 Å². The molecule has 0 saturated heterocycles. The molecule has 0 aromatic carbocycles. The van der Waals surface area contributed by atoms with Crippen molar-refractivity contribution in [3.63, 3.8) is 0 Å².